The Morgan fingerprint density at radius 1 is 1.57 bits per heavy atom. The van der Waals surface area contributed by atoms with Crippen LogP contribution < -0.4 is 10.1 Å². The molecule has 0 saturated carbocycles. The number of aromatic nitrogens is 3. The summed E-state index contributed by atoms with van der Waals surface area (Å²) in [6.07, 6.45) is 0. The normalized spacial score (nSPS) is 10.2. The predicted octanol–water partition coefficient (Wildman–Crippen LogP) is 2.02. The van der Waals surface area contributed by atoms with Gasteiger partial charge in [0.05, 0.1) is 22.1 Å². The fraction of sp³-hybridized carbons (Fsp3) is 0.182. The third-order valence-corrected chi connectivity index (χ3v) is 2.69. The first-order valence-corrected chi connectivity index (χ1v) is 6.19. The molecule has 1 heterocycles. The molecule has 110 valence electrons. The van der Waals surface area contributed by atoms with E-state index in [1.165, 1.54) is 12.1 Å². The highest BCUT2D eigenvalue weighted by molar-refractivity contribution is 6.34. The zero-order valence-electron chi connectivity index (χ0n) is 10.8. The van der Waals surface area contributed by atoms with Crippen molar-refractivity contribution in [1.29, 1.82) is 0 Å². The maximum atomic E-state index is 12.0. The highest BCUT2D eigenvalue weighted by Gasteiger charge is 2.16. The van der Waals surface area contributed by atoms with Crippen molar-refractivity contribution < 1.29 is 14.5 Å². The Hall–Kier alpha value is -2.68. The van der Waals surface area contributed by atoms with E-state index in [0.717, 1.165) is 6.07 Å². The molecule has 0 radical (unpaired) electrons. The molecule has 0 aliphatic carbocycles. The van der Waals surface area contributed by atoms with Gasteiger partial charge in [0.15, 0.2) is 0 Å². The molecule has 10 heteroatoms. The van der Waals surface area contributed by atoms with Gasteiger partial charge in [0.1, 0.15) is 0 Å². The average molecular weight is 312 g/mol. The number of carbonyl (C=O) groups excluding carboxylic acids is 1. The minimum atomic E-state index is -0.599. The van der Waals surface area contributed by atoms with Gasteiger partial charge in [-0.3, -0.25) is 20.2 Å². The van der Waals surface area contributed by atoms with E-state index in [4.69, 9.17) is 16.3 Å². The first-order valence-electron chi connectivity index (χ1n) is 5.81. The number of carbonyl (C=O) groups is 1. The molecule has 0 aliphatic heterocycles. The SMILES string of the molecule is CCOc1n[nH]c(NC(=O)c2ccc([N+](=O)[O-])cc2Cl)n1. The largest absolute Gasteiger partial charge is 0.463 e. The lowest BCUT2D eigenvalue weighted by Crippen LogP contribution is -2.13. The summed E-state index contributed by atoms with van der Waals surface area (Å²) in [5, 5.41) is 19.2. The van der Waals surface area contributed by atoms with E-state index in [0.29, 0.717) is 6.61 Å². The number of anilines is 1. The Morgan fingerprint density at radius 3 is 2.95 bits per heavy atom. The number of aromatic amines is 1. The summed E-state index contributed by atoms with van der Waals surface area (Å²) in [5.74, 6) is -0.494. The van der Waals surface area contributed by atoms with Crippen molar-refractivity contribution >= 4 is 29.1 Å². The van der Waals surface area contributed by atoms with E-state index in [9.17, 15) is 14.9 Å². The lowest BCUT2D eigenvalue weighted by Gasteiger charge is -2.03. The number of nitro benzene ring substituents is 1. The number of H-pyrrole nitrogens is 1. The van der Waals surface area contributed by atoms with Crippen LogP contribution in [0.25, 0.3) is 0 Å². The second-order valence-electron chi connectivity index (χ2n) is 3.77. The summed E-state index contributed by atoms with van der Waals surface area (Å²) < 4.78 is 5.03. The molecular formula is C11H10ClN5O4. The van der Waals surface area contributed by atoms with Gasteiger partial charge in [-0.25, -0.2) is 5.10 Å². The summed E-state index contributed by atoms with van der Waals surface area (Å²) >= 11 is 5.85. The molecule has 0 atom stereocenters. The van der Waals surface area contributed by atoms with Crippen LogP contribution in [0.15, 0.2) is 18.2 Å². The molecule has 21 heavy (non-hydrogen) atoms. The standard InChI is InChI=1S/C11H10ClN5O4/c1-2-21-11-14-10(15-16-11)13-9(18)7-4-3-6(17(19)20)5-8(7)12/h3-5H,2H2,1H3,(H2,13,14,15,16,18). The monoisotopic (exact) mass is 311 g/mol. The topological polar surface area (TPSA) is 123 Å². The van der Waals surface area contributed by atoms with Crippen molar-refractivity contribution in [2.24, 2.45) is 0 Å². The fourth-order valence-electron chi connectivity index (χ4n) is 1.47. The second kappa shape index (κ2) is 6.18. The zero-order chi connectivity index (χ0) is 15.4. The first-order chi connectivity index (χ1) is 10.0. The maximum absolute atomic E-state index is 12.0. The molecule has 1 amide bonds. The summed E-state index contributed by atoms with van der Waals surface area (Å²) in [7, 11) is 0. The minimum Gasteiger partial charge on any atom is -0.463 e. The van der Waals surface area contributed by atoms with E-state index in [1.807, 2.05) is 0 Å². The molecule has 2 rings (SSSR count). The van der Waals surface area contributed by atoms with Gasteiger partial charge in [-0.2, -0.15) is 4.98 Å². The highest BCUT2D eigenvalue weighted by Crippen LogP contribution is 2.23. The highest BCUT2D eigenvalue weighted by atomic mass is 35.5. The summed E-state index contributed by atoms with van der Waals surface area (Å²) in [6.45, 7) is 2.16. The predicted molar refractivity (Wildman–Crippen MR) is 73.6 cm³/mol. The van der Waals surface area contributed by atoms with Crippen molar-refractivity contribution in [3.8, 4) is 6.01 Å². The number of hydrogen-bond donors (Lipinski definition) is 2. The molecule has 9 nitrogen and oxygen atoms in total. The van der Waals surface area contributed by atoms with Gasteiger partial charge in [-0.15, -0.1) is 5.10 Å². The number of nitrogens with zero attached hydrogens (tertiary/aromatic N) is 3. The van der Waals surface area contributed by atoms with Crippen molar-refractivity contribution in [2.75, 3.05) is 11.9 Å². The maximum Gasteiger partial charge on any atom is 0.337 e. The number of ether oxygens (including phenoxy) is 1. The molecular weight excluding hydrogens is 302 g/mol. The van der Waals surface area contributed by atoms with Gasteiger partial charge in [0.2, 0.25) is 5.95 Å². The van der Waals surface area contributed by atoms with Crippen LogP contribution in [0.2, 0.25) is 5.02 Å². The van der Waals surface area contributed by atoms with Gasteiger partial charge in [0.25, 0.3) is 11.6 Å². The molecule has 0 aliphatic rings. The first kappa shape index (κ1) is 14.7. The molecule has 2 N–H and O–H groups in total. The molecule has 0 fully saturated rings. The number of benzene rings is 1. The van der Waals surface area contributed by atoms with Crippen LogP contribution in [0.4, 0.5) is 11.6 Å². The van der Waals surface area contributed by atoms with Crippen molar-refractivity contribution in [1.82, 2.24) is 15.2 Å². The third-order valence-electron chi connectivity index (χ3n) is 2.38. The van der Waals surface area contributed by atoms with Crippen LogP contribution >= 0.6 is 11.6 Å². The quantitative estimate of drug-likeness (QED) is 0.643. The van der Waals surface area contributed by atoms with Crippen molar-refractivity contribution in [2.45, 2.75) is 6.92 Å². The van der Waals surface area contributed by atoms with Crippen LogP contribution in [0.3, 0.4) is 0 Å². The number of amides is 1. The van der Waals surface area contributed by atoms with Gasteiger partial charge in [0, 0.05) is 12.1 Å². The van der Waals surface area contributed by atoms with Crippen LogP contribution in [-0.2, 0) is 0 Å². The Labute approximate surface area is 123 Å². The second-order valence-corrected chi connectivity index (χ2v) is 4.18. The lowest BCUT2D eigenvalue weighted by atomic mass is 10.2. The Morgan fingerprint density at radius 2 is 2.33 bits per heavy atom. The molecule has 0 unspecified atom stereocenters. The van der Waals surface area contributed by atoms with Gasteiger partial charge < -0.3 is 4.74 Å². The van der Waals surface area contributed by atoms with E-state index in [2.05, 4.69) is 20.5 Å². The zero-order valence-corrected chi connectivity index (χ0v) is 11.5. The van der Waals surface area contributed by atoms with E-state index in [-0.39, 0.29) is 28.2 Å². The van der Waals surface area contributed by atoms with Crippen molar-refractivity contribution in [3.63, 3.8) is 0 Å². The number of rotatable bonds is 5. The smallest absolute Gasteiger partial charge is 0.337 e. The van der Waals surface area contributed by atoms with E-state index >= 15 is 0 Å². The van der Waals surface area contributed by atoms with Gasteiger partial charge >= 0.3 is 6.01 Å². The molecule has 1 aromatic heterocycles. The van der Waals surface area contributed by atoms with Gasteiger partial charge in [-0.1, -0.05) is 11.6 Å². The average Bonchev–Trinajstić information content (AvgIpc) is 2.86. The summed E-state index contributed by atoms with van der Waals surface area (Å²) in [5.41, 5.74) is -0.119. The Balaban J connectivity index is 2.14. The number of hydrogen-bond acceptors (Lipinski definition) is 6. The fourth-order valence-corrected chi connectivity index (χ4v) is 1.73. The van der Waals surface area contributed by atoms with Crippen LogP contribution in [0.5, 0.6) is 6.01 Å². The van der Waals surface area contributed by atoms with E-state index < -0.39 is 10.8 Å². The minimum absolute atomic E-state index is 0.0359. The Bertz CT molecular complexity index is 687. The summed E-state index contributed by atoms with van der Waals surface area (Å²) in [4.78, 5) is 25.9. The summed E-state index contributed by atoms with van der Waals surface area (Å²) in [6, 6.07) is 3.65. The van der Waals surface area contributed by atoms with E-state index in [1.54, 1.807) is 6.92 Å². The number of non-ortho nitro benzene ring substituents is 1. The number of halogens is 1. The number of nitro groups is 1. The van der Waals surface area contributed by atoms with Crippen LogP contribution in [-0.4, -0.2) is 32.6 Å². The third kappa shape index (κ3) is 3.45. The number of nitrogens with one attached hydrogen (secondary N) is 2. The molecule has 0 bridgehead atoms. The molecule has 2 aromatic rings. The lowest BCUT2D eigenvalue weighted by molar-refractivity contribution is -0.384. The Kier molecular flexibility index (Phi) is 4.33. The molecule has 1 aromatic carbocycles. The van der Waals surface area contributed by atoms with Crippen LogP contribution in [0, 0.1) is 10.1 Å². The molecule has 0 saturated heterocycles. The van der Waals surface area contributed by atoms with Crippen molar-refractivity contribution in [3.05, 3.63) is 38.9 Å². The molecule has 0 spiro atoms. The van der Waals surface area contributed by atoms with Gasteiger partial charge in [-0.05, 0) is 13.0 Å². The van der Waals surface area contributed by atoms with Crippen LogP contribution in [0.1, 0.15) is 17.3 Å².